The highest BCUT2D eigenvalue weighted by Crippen LogP contribution is 2.26. The maximum Gasteiger partial charge on any atom is 0.127 e. The zero-order valence-electron chi connectivity index (χ0n) is 14.1. The number of benzene rings is 2. The third-order valence-corrected chi connectivity index (χ3v) is 3.86. The maximum atomic E-state index is 5.85. The Kier molecular flexibility index (Phi) is 5.16. The van der Waals surface area contributed by atoms with Crippen LogP contribution in [0.4, 0.5) is 0 Å². The highest BCUT2D eigenvalue weighted by Gasteiger charge is 2.04. The van der Waals surface area contributed by atoms with Gasteiger partial charge in [-0.3, -0.25) is 0 Å². The monoisotopic (exact) mass is 322 g/mol. The van der Waals surface area contributed by atoms with E-state index >= 15 is 0 Å². The van der Waals surface area contributed by atoms with Gasteiger partial charge in [-0.2, -0.15) is 0 Å². The zero-order chi connectivity index (χ0) is 16.8. The fourth-order valence-corrected chi connectivity index (χ4v) is 2.46. The van der Waals surface area contributed by atoms with Crippen molar-refractivity contribution < 1.29 is 9.47 Å². The second kappa shape index (κ2) is 7.68. The van der Waals surface area contributed by atoms with Crippen molar-refractivity contribution in [3.63, 3.8) is 0 Å². The minimum atomic E-state index is 0.784. The quantitative estimate of drug-likeness (QED) is 0.648. The molecule has 0 unspecified atom stereocenters. The lowest BCUT2D eigenvalue weighted by atomic mass is 10.1. The summed E-state index contributed by atoms with van der Waals surface area (Å²) in [7, 11) is 1.65. The summed E-state index contributed by atoms with van der Waals surface area (Å²) < 4.78 is 11.0. The number of H-pyrrole nitrogens is 1. The van der Waals surface area contributed by atoms with Crippen LogP contribution in [-0.2, 0) is 6.42 Å². The van der Waals surface area contributed by atoms with Crippen LogP contribution < -0.4 is 9.47 Å². The molecule has 0 fully saturated rings. The Labute approximate surface area is 142 Å². The molecule has 0 bridgehead atoms. The van der Waals surface area contributed by atoms with Crippen LogP contribution in [0, 0.1) is 0 Å². The number of nitrogens with one attached hydrogen (secondary N) is 1. The number of ether oxygens (including phenoxy) is 2. The molecule has 0 atom stereocenters. The smallest absolute Gasteiger partial charge is 0.127 e. The number of aromatic nitrogens is 2. The molecule has 3 aromatic rings. The molecule has 1 heterocycles. The van der Waals surface area contributed by atoms with E-state index in [1.165, 1.54) is 6.42 Å². The van der Waals surface area contributed by atoms with Crippen LogP contribution in [0.2, 0.25) is 0 Å². The van der Waals surface area contributed by atoms with Crippen LogP contribution in [-0.4, -0.2) is 17.1 Å². The van der Waals surface area contributed by atoms with Crippen LogP contribution in [0.1, 0.15) is 25.6 Å². The third kappa shape index (κ3) is 3.96. The van der Waals surface area contributed by atoms with Crippen molar-refractivity contribution in [3.05, 3.63) is 60.6 Å². The highest BCUT2D eigenvalue weighted by atomic mass is 16.5. The van der Waals surface area contributed by atoms with E-state index in [0.29, 0.717) is 0 Å². The first kappa shape index (κ1) is 16.1. The van der Waals surface area contributed by atoms with E-state index in [2.05, 4.69) is 16.9 Å². The molecule has 2 aromatic carbocycles. The summed E-state index contributed by atoms with van der Waals surface area (Å²) >= 11 is 0. The van der Waals surface area contributed by atoms with Crippen LogP contribution in [0.3, 0.4) is 0 Å². The molecule has 0 aliphatic carbocycles. The fraction of sp³-hybridized carbons (Fsp3) is 0.250. The highest BCUT2D eigenvalue weighted by molar-refractivity contribution is 5.59. The number of rotatable bonds is 7. The standard InChI is InChI=1S/C20H22N2O2/c1-3-4-5-20-21-14-19(22-20)15-6-8-17(9-7-15)24-18-12-10-16(23-2)11-13-18/h6-14H,3-5H2,1-2H3,(H,21,22). The molecule has 0 aliphatic rings. The molecule has 1 aromatic heterocycles. The van der Waals surface area contributed by atoms with Gasteiger partial charge in [-0.1, -0.05) is 13.3 Å². The van der Waals surface area contributed by atoms with Crippen LogP contribution in [0.25, 0.3) is 11.3 Å². The molecule has 0 saturated heterocycles. The lowest BCUT2D eigenvalue weighted by Crippen LogP contribution is -1.88. The Balaban J connectivity index is 1.67. The predicted octanol–water partition coefficient (Wildman–Crippen LogP) is 5.22. The van der Waals surface area contributed by atoms with Crippen LogP contribution >= 0.6 is 0 Å². The molecule has 3 rings (SSSR count). The number of methoxy groups -OCH3 is 1. The van der Waals surface area contributed by atoms with E-state index in [-0.39, 0.29) is 0 Å². The Hall–Kier alpha value is -2.75. The van der Waals surface area contributed by atoms with Gasteiger partial charge in [-0.15, -0.1) is 0 Å². The first-order valence-corrected chi connectivity index (χ1v) is 8.24. The minimum absolute atomic E-state index is 0.784. The number of nitrogens with zero attached hydrogens (tertiary/aromatic N) is 1. The summed E-state index contributed by atoms with van der Waals surface area (Å²) in [6.45, 7) is 2.19. The number of aromatic amines is 1. The van der Waals surface area contributed by atoms with Gasteiger partial charge in [0.1, 0.15) is 23.1 Å². The van der Waals surface area contributed by atoms with Gasteiger partial charge in [0.2, 0.25) is 0 Å². The van der Waals surface area contributed by atoms with E-state index in [1.807, 2.05) is 54.7 Å². The molecule has 0 radical (unpaired) electrons. The molecule has 1 N–H and O–H groups in total. The molecule has 4 nitrogen and oxygen atoms in total. The van der Waals surface area contributed by atoms with Crippen molar-refractivity contribution >= 4 is 0 Å². The first-order chi connectivity index (χ1) is 11.8. The van der Waals surface area contributed by atoms with Gasteiger partial charge in [-0.05, 0) is 60.5 Å². The molecule has 0 saturated carbocycles. The van der Waals surface area contributed by atoms with Gasteiger partial charge in [0, 0.05) is 6.42 Å². The molecular formula is C20H22N2O2. The first-order valence-electron chi connectivity index (χ1n) is 8.24. The zero-order valence-corrected chi connectivity index (χ0v) is 14.1. The Bertz CT molecular complexity index is 761. The number of imidazole rings is 1. The Morgan fingerprint density at radius 1 is 0.917 bits per heavy atom. The van der Waals surface area contributed by atoms with Crippen molar-refractivity contribution in [1.82, 2.24) is 9.97 Å². The SMILES string of the molecule is CCCCc1ncc(-c2ccc(Oc3ccc(OC)cc3)cc2)[nH]1. The molecular weight excluding hydrogens is 300 g/mol. The average molecular weight is 322 g/mol. The van der Waals surface area contributed by atoms with E-state index in [4.69, 9.17) is 9.47 Å². The van der Waals surface area contributed by atoms with Gasteiger partial charge >= 0.3 is 0 Å². The summed E-state index contributed by atoms with van der Waals surface area (Å²) in [6, 6.07) is 15.5. The molecule has 0 aliphatic heterocycles. The van der Waals surface area contributed by atoms with Crippen molar-refractivity contribution in [2.75, 3.05) is 7.11 Å². The van der Waals surface area contributed by atoms with Crippen LogP contribution in [0.15, 0.2) is 54.7 Å². The van der Waals surface area contributed by atoms with Gasteiger partial charge < -0.3 is 14.5 Å². The molecule has 0 spiro atoms. The summed E-state index contributed by atoms with van der Waals surface area (Å²) in [6.07, 6.45) is 5.22. The van der Waals surface area contributed by atoms with E-state index in [0.717, 1.165) is 47.2 Å². The van der Waals surface area contributed by atoms with E-state index in [1.54, 1.807) is 7.11 Å². The molecule has 124 valence electrons. The number of hydrogen-bond donors (Lipinski definition) is 1. The van der Waals surface area contributed by atoms with Crippen molar-refractivity contribution in [3.8, 4) is 28.5 Å². The largest absolute Gasteiger partial charge is 0.497 e. The number of unbranched alkanes of at least 4 members (excludes halogenated alkanes) is 1. The average Bonchev–Trinajstić information content (AvgIpc) is 3.10. The van der Waals surface area contributed by atoms with Gasteiger partial charge in [-0.25, -0.2) is 4.98 Å². The third-order valence-electron chi connectivity index (χ3n) is 3.86. The van der Waals surface area contributed by atoms with E-state index < -0.39 is 0 Å². The van der Waals surface area contributed by atoms with Gasteiger partial charge in [0.25, 0.3) is 0 Å². The second-order valence-corrected chi connectivity index (χ2v) is 5.65. The molecule has 0 amide bonds. The minimum Gasteiger partial charge on any atom is -0.497 e. The molecule has 24 heavy (non-hydrogen) atoms. The Morgan fingerprint density at radius 2 is 1.54 bits per heavy atom. The summed E-state index contributed by atoms with van der Waals surface area (Å²) in [5.41, 5.74) is 2.14. The fourth-order valence-electron chi connectivity index (χ4n) is 2.46. The van der Waals surface area contributed by atoms with Crippen molar-refractivity contribution in [2.45, 2.75) is 26.2 Å². The topological polar surface area (TPSA) is 47.1 Å². The number of aryl methyl sites for hydroxylation is 1. The van der Waals surface area contributed by atoms with Gasteiger partial charge in [0.05, 0.1) is 19.0 Å². The Morgan fingerprint density at radius 3 is 2.17 bits per heavy atom. The van der Waals surface area contributed by atoms with E-state index in [9.17, 15) is 0 Å². The maximum absolute atomic E-state index is 5.85. The van der Waals surface area contributed by atoms with Crippen molar-refractivity contribution in [1.29, 1.82) is 0 Å². The van der Waals surface area contributed by atoms with Crippen molar-refractivity contribution in [2.24, 2.45) is 0 Å². The molecule has 4 heteroatoms. The predicted molar refractivity (Wildman–Crippen MR) is 95.7 cm³/mol. The summed E-state index contributed by atoms with van der Waals surface area (Å²) in [5.74, 6) is 3.45. The summed E-state index contributed by atoms with van der Waals surface area (Å²) in [5, 5.41) is 0. The van der Waals surface area contributed by atoms with Gasteiger partial charge in [0.15, 0.2) is 0 Å². The lowest BCUT2D eigenvalue weighted by molar-refractivity contribution is 0.413. The summed E-state index contributed by atoms with van der Waals surface area (Å²) in [4.78, 5) is 7.82. The van der Waals surface area contributed by atoms with Crippen LogP contribution in [0.5, 0.6) is 17.2 Å². The normalized spacial score (nSPS) is 10.6. The second-order valence-electron chi connectivity index (χ2n) is 5.65. The lowest BCUT2D eigenvalue weighted by Gasteiger charge is -2.07. The number of hydrogen-bond acceptors (Lipinski definition) is 3.